The molecule has 2 aromatic rings. The van der Waals surface area contributed by atoms with Crippen LogP contribution in [0.5, 0.6) is 0 Å². The largest absolute Gasteiger partial charge is 0.313 e. The van der Waals surface area contributed by atoms with E-state index in [1.54, 1.807) is 4.68 Å². The molecule has 0 unspecified atom stereocenters. The topological polar surface area (TPSA) is 42.7 Å². The Morgan fingerprint density at radius 2 is 2.06 bits per heavy atom. The van der Waals surface area contributed by atoms with Crippen LogP contribution in [0, 0.1) is 13.8 Å². The molecule has 17 heavy (non-hydrogen) atoms. The fourth-order valence-electron chi connectivity index (χ4n) is 1.69. The van der Waals surface area contributed by atoms with Crippen molar-refractivity contribution in [2.45, 2.75) is 27.3 Å². The van der Waals surface area contributed by atoms with Crippen LogP contribution in [0.4, 0.5) is 0 Å². The minimum Gasteiger partial charge on any atom is -0.313 e. The predicted molar refractivity (Wildman–Crippen MR) is 68.2 cm³/mol. The van der Waals surface area contributed by atoms with Gasteiger partial charge in [-0.2, -0.15) is 5.10 Å². The lowest BCUT2D eigenvalue weighted by molar-refractivity contribution is 0.717. The number of rotatable bonds is 4. The first-order valence-corrected chi connectivity index (χ1v) is 5.90. The highest BCUT2D eigenvalue weighted by atomic mass is 15.3. The molecule has 0 saturated heterocycles. The van der Waals surface area contributed by atoms with E-state index in [1.807, 2.05) is 32.2 Å². The van der Waals surface area contributed by atoms with Gasteiger partial charge in [0.25, 0.3) is 0 Å². The maximum atomic E-state index is 4.57. The smallest absolute Gasteiger partial charge is 0.153 e. The SMILES string of the molecule is CCNCc1ccc(-n2ccc(C)n2)nc1C. The van der Waals surface area contributed by atoms with E-state index in [0.29, 0.717) is 0 Å². The summed E-state index contributed by atoms with van der Waals surface area (Å²) < 4.78 is 1.80. The van der Waals surface area contributed by atoms with Crippen LogP contribution in [0.3, 0.4) is 0 Å². The van der Waals surface area contributed by atoms with E-state index in [1.165, 1.54) is 5.56 Å². The second kappa shape index (κ2) is 5.10. The number of nitrogens with zero attached hydrogens (tertiary/aromatic N) is 3. The van der Waals surface area contributed by atoms with E-state index >= 15 is 0 Å². The molecule has 0 bridgehead atoms. The van der Waals surface area contributed by atoms with Crippen molar-refractivity contribution in [3.05, 3.63) is 41.3 Å². The van der Waals surface area contributed by atoms with Gasteiger partial charge < -0.3 is 5.32 Å². The van der Waals surface area contributed by atoms with E-state index in [9.17, 15) is 0 Å². The molecule has 1 N–H and O–H groups in total. The van der Waals surface area contributed by atoms with Crippen LogP contribution in [0.25, 0.3) is 5.82 Å². The third kappa shape index (κ3) is 2.71. The summed E-state index contributed by atoms with van der Waals surface area (Å²) in [5.41, 5.74) is 3.29. The molecule has 0 radical (unpaired) electrons. The van der Waals surface area contributed by atoms with Crippen LogP contribution in [0.1, 0.15) is 23.9 Å². The van der Waals surface area contributed by atoms with Crippen molar-refractivity contribution in [3.8, 4) is 5.82 Å². The van der Waals surface area contributed by atoms with E-state index in [2.05, 4.69) is 28.4 Å². The molecule has 2 rings (SSSR count). The molecule has 0 saturated carbocycles. The Kier molecular flexibility index (Phi) is 3.54. The fourth-order valence-corrected chi connectivity index (χ4v) is 1.69. The molecule has 2 aromatic heterocycles. The summed E-state index contributed by atoms with van der Waals surface area (Å²) >= 11 is 0. The first-order chi connectivity index (χ1) is 8.20. The van der Waals surface area contributed by atoms with Crippen LogP contribution in [-0.2, 0) is 6.54 Å². The van der Waals surface area contributed by atoms with Crippen LogP contribution in [0.15, 0.2) is 24.4 Å². The highest BCUT2D eigenvalue weighted by Crippen LogP contribution is 2.10. The van der Waals surface area contributed by atoms with Crippen molar-refractivity contribution in [1.29, 1.82) is 0 Å². The molecule has 0 spiro atoms. The van der Waals surface area contributed by atoms with Crippen LogP contribution < -0.4 is 5.32 Å². The molecule has 0 aromatic carbocycles. The lowest BCUT2D eigenvalue weighted by atomic mass is 10.2. The number of aryl methyl sites for hydroxylation is 2. The Morgan fingerprint density at radius 1 is 1.24 bits per heavy atom. The molecule has 0 fully saturated rings. The molecular weight excluding hydrogens is 212 g/mol. The molecule has 0 amide bonds. The minimum atomic E-state index is 0.869. The third-order valence-corrected chi connectivity index (χ3v) is 2.70. The molecule has 90 valence electrons. The zero-order chi connectivity index (χ0) is 12.3. The first kappa shape index (κ1) is 11.8. The van der Waals surface area contributed by atoms with Gasteiger partial charge in [-0.15, -0.1) is 0 Å². The Hall–Kier alpha value is -1.68. The molecule has 0 atom stereocenters. The van der Waals surface area contributed by atoms with Crippen molar-refractivity contribution >= 4 is 0 Å². The number of nitrogens with one attached hydrogen (secondary N) is 1. The van der Waals surface area contributed by atoms with Crippen molar-refractivity contribution in [1.82, 2.24) is 20.1 Å². The standard InChI is InChI=1S/C13H18N4/c1-4-14-9-12-5-6-13(15-11(12)3)17-8-7-10(2)16-17/h5-8,14H,4,9H2,1-3H3. The number of aromatic nitrogens is 3. The van der Waals surface area contributed by atoms with Gasteiger partial charge in [0, 0.05) is 18.4 Å². The van der Waals surface area contributed by atoms with E-state index < -0.39 is 0 Å². The zero-order valence-corrected chi connectivity index (χ0v) is 10.6. The monoisotopic (exact) mass is 230 g/mol. The van der Waals surface area contributed by atoms with E-state index in [4.69, 9.17) is 0 Å². The van der Waals surface area contributed by atoms with Crippen LogP contribution in [-0.4, -0.2) is 21.3 Å². The Bertz CT molecular complexity index is 502. The van der Waals surface area contributed by atoms with Gasteiger partial charge in [0.1, 0.15) is 0 Å². The van der Waals surface area contributed by atoms with E-state index in [-0.39, 0.29) is 0 Å². The summed E-state index contributed by atoms with van der Waals surface area (Å²) in [7, 11) is 0. The molecule has 2 heterocycles. The third-order valence-electron chi connectivity index (χ3n) is 2.70. The fraction of sp³-hybridized carbons (Fsp3) is 0.385. The average molecular weight is 230 g/mol. The number of pyridine rings is 1. The van der Waals surface area contributed by atoms with Gasteiger partial charge in [0.05, 0.1) is 5.69 Å². The van der Waals surface area contributed by atoms with Crippen LogP contribution >= 0.6 is 0 Å². The lowest BCUT2D eigenvalue weighted by Crippen LogP contribution is -2.13. The normalized spacial score (nSPS) is 10.8. The summed E-state index contributed by atoms with van der Waals surface area (Å²) in [6.07, 6.45) is 1.93. The molecular formula is C13H18N4. The summed E-state index contributed by atoms with van der Waals surface area (Å²) in [6.45, 7) is 7.95. The summed E-state index contributed by atoms with van der Waals surface area (Å²) in [5.74, 6) is 0.871. The van der Waals surface area contributed by atoms with Gasteiger partial charge in [-0.05, 0) is 38.1 Å². The van der Waals surface area contributed by atoms with Crippen molar-refractivity contribution in [2.75, 3.05) is 6.54 Å². The number of hydrogen-bond acceptors (Lipinski definition) is 3. The maximum Gasteiger partial charge on any atom is 0.153 e. The molecule has 0 aliphatic rings. The maximum absolute atomic E-state index is 4.57. The highest BCUT2D eigenvalue weighted by Gasteiger charge is 2.03. The average Bonchev–Trinajstić information content (AvgIpc) is 2.74. The second-order valence-corrected chi connectivity index (χ2v) is 4.10. The molecule has 4 nitrogen and oxygen atoms in total. The summed E-state index contributed by atoms with van der Waals surface area (Å²) in [5, 5.41) is 7.66. The van der Waals surface area contributed by atoms with Crippen molar-refractivity contribution in [2.24, 2.45) is 0 Å². The predicted octanol–water partition coefficient (Wildman–Crippen LogP) is 1.99. The summed E-state index contributed by atoms with van der Waals surface area (Å²) in [6, 6.07) is 6.09. The Labute approximate surface area is 102 Å². The zero-order valence-electron chi connectivity index (χ0n) is 10.6. The van der Waals surface area contributed by atoms with Gasteiger partial charge in [0.15, 0.2) is 5.82 Å². The van der Waals surface area contributed by atoms with Gasteiger partial charge in [-0.1, -0.05) is 13.0 Å². The van der Waals surface area contributed by atoms with Gasteiger partial charge in [-0.3, -0.25) is 0 Å². The Balaban J connectivity index is 2.24. The number of hydrogen-bond donors (Lipinski definition) is 1. The highest BCUT2D eigenvalue weighted by molar-refractivity contribution is 5.29. The summed E-state index contributed by atoms with van der Waals surface area (Å²) in [4.78, 5) is 4.57. The van der Waals surface area contributed by atoms with Gasteiger partial charge >= 0.3 is 0 Å². The lowest BCUT2D eigenvalue weighted by Gasteiger charge is -2.08. The first-order valence-electron chi connectivity index (χ1n) is 5.90. The van der Waals surface area contributed by atoms with Gasteiger partial charge in [-0.25, -0.2) is 9.67 Å². The van der Waals surface area contributed by atoms with Crippen molar-refractivity contribution < 1.29 is 0 Å². The van der Waals surface area contributed by atoms with Crippen molar-refractivity contribution in [3.63, 3.8) is 0 Å². The molecule has 0 aliphatic carbocycles. The molecule has 0 aliphatic heterocycles. The Morgan fingerprint density at radius 3 is 2.65 bits per heavy atom. The molecule has 4 heteroatoms. The van der Waals surface area contributed by atoms with Gasteiger partial charge in [0.2, 0.25) is 0 Å². The minimum absolute atomic E-state index is 0.869. The van der Waals surface area contributed by atoms with E-state index in [0.717, 1.165) is 30.3 Å². The quantitative estimate of drug-likeness (QED) is 0.873. The second-order valence-electron chi connectivity index (χ2n) is 4.10. The van der Waals surface area contributed by atoms with Crippen LogP contribution in [0.2, 0.25) is 0 Å².